The maximum atomic E-state index is 10.3. The van der Waals surface area contributed by atoms with E-state index in [2.05, 4.69) is 0 Å². The first kappa shape index (κ1) is 12.0. The normalized spacial score (nSPS) is 12.4. The zero-order valence-electron chi connectivity index (χ0n) is 9.81. The smallest absolute Gasteiger partial charge is 0.142 e. The number of hydrogen-bond donors (Lipinski definition) is 2. The summed E-state index contributed by atoms with van der Waals surface area (Å²) in [5.74, 6) is 0.593. The van der Waals surface area contributed by atoms with Crippen molar-refractivity contribution in [1.29, 1.82) is 0 Å². The van der Waals surface area contributed by atoms with Gasteiger partial charge in [-0.25, -0.2) is 0 Å². The van der Waals surface area contributed by atoms with E-state index in [1.54, 1.807) is 13.2 Å². The van der Waals surface area contributed by atoms with Gasteiger partial charge in [0.15, 0.2) is 0 Å². The molecular weight excluding hydrogens is 234 g/mol. The maximum absolute atomic E-state index is 10.3. The van der Waals surface area contributed by atoms with E-state index in [0.717, 1.165) is 10.4 Å². The van der Waals surface area contributed by atoms with Crippen LogP contribution in [-0.4, -0.2) is 12.2 Å². The van der Waals surface area contributed by atoms with Crippen molar-refractivity contribution in [1.82, 2.24) is 0 Å². The Balaban J connectivity index is 2.44. The molecule has 90 valence electrons. The molecule has 0 radical (unpaired) electrons. The number of nitrogens with two attached hydrogens (primary N) is 1. The SMILES string of the molecule is COc1cccc(C(O)c2sccc2C)c1N. The van der Waals surface area contributed by atoms with Gasteiger partial charge in [-0.1, -0.05) is 12.1 Å². The second-order valence-electron chi connectivity index (χ2n) is 3.83. The Morgan fingerprint density at radius 2 is 2.12 bits per heavy atom. The number of rotatable bonds is 3. The number of aliphatic hydroxyl groups excluding tert-OH is 1. The summed E-state index contributed by atoms with van der Waals surface area (Å²) in [5, 5.41) is 12.3. The molecule has 0 spiro atoms. The summed E-state index contributed by atoms with van der Waals surface area (Å²) in [6.07, 6.45) is -0.690. The first-order valence-electron chi connectivity index (χ1n) is 5.29. The van der Waals surface area contributed by atoms with Crippen LogP contribution in [0.4, 0.5) is 5.69 Å². The minimum absolute atomic E-state index is 0.496. The summed E-state index contributed by atoms with van der Waals surface area (Å²) in [6.45, 7) is 1.98. The second-order valence-corrected chi connectivity index (χ2v) is 4.78. The first-order valence-corrected chi connectivity index (χ1v) is 6.17. The standard InChI is InChI=1S/C13H15NO2S/c1-8-6-7-17-13(8)12(15)9-4-3-5-10(16-2)11(9)14/h3-7,12,15H,14H2,1-2H3. The lowest BCUT2D eigenvalue weighted by Gasteiger charge is -2.15. The summed E-state index contributed by atoms with van der Waals surface area (Å²) in [6, 6.07) is 7.42. The van der Waals surface area contributed by atoms with Gasteiger partial charge in [-0.2, -0.15) is 0 Å². The molecule has 1 aromatic heterocycles. The molecule has 1 heterocycles. The molecule has 0 saturated carbocycles. The van der Waals surface area contributed by atoms with Crippen molar-refractivity contribution in [3.05, 3.63) is 45.6 Å². The predicted molar refractivity (Wildman–Crippen MR) is 70.5 cm³/mol. The lowest BCUT2D eigenvalue weighted by Crippen LogP contribution is -2.04. The molecule has 1 atom stereocenters. The molecule has 2 aromatic rings. The molecule has 17 heavy (non-hydrogen) atoms. The average molecular weight is 249 g/mol. The van der Waals surface area contributed by atoms with E-state index in [-0.39, 0.29) is 0 Å². The Hall–Kier alpha value is -1.52. The number of methoxy groups -OCH3 is 1. The van der Waals surface area contributed by atoms with Gasteiger partial charge in [0, 0.05) is 10.4 Å². The van der Waals surface area contributed by atoms with E-state index >= 15 is 0 Å². The number of hydrogen-bond acceptors (Lipinski definition) is 4. The van der Waals surface area contributed by atoms with Gasteiger partial charge in [-0.3, -0.25) is 0 Å². The number of benzene rings is 1. The van der Waals surface area contributed by atoms with Crippen molar-refractivity contribution in [3.8, 4) is 5.75 Å². The lowest BCUT2D eigenvalue weighted by atomic mass is 10.0. The highest BCUT2D eigenvalue weighted by Crippen LogP contribution is 2.35. The quantitative estimate of drug-likeness (QED) is 0.822. The summed E-state index contributed by atoms with van der Waals surface area (Å²) < 4.78 is 5.15. The number of ether oxygens (including phenoxy) is 1. The van der Waals surface area contributed by atoms with Crippen LogP contribution in [0.1, 0.15) is 22.1 Å². The third kappa shape index (κ3) is 2.14. The topological polar surface area (TPSA) is 55.5 Å². The molecule has 0 saturated heterocycles. The number of anilines is 1. The van der Waals surface area contributed by atoms with Gasteiger partial charge in [0.05, 0.1) is 12.8 Å². The van der Waals surface area contributed by atoms with Gasteiger partial charge in [0.2, 0.25) is 0 Å². The fourth-order valence-electron chi connectivity index (χ4n) is 1.78. The van der Waals surface area contributed by atoms with Crippen LogP contribution in [0.15, 0.2) is 29.6 Å². The fourth-order valence-corrected chi connectivity index (χ4v) is 2.71. The van der Waals surface area contributed by atoms with Crippen LogP contribution >= 0.6 is 11.3 Å². The monoisotopic (exact) mass is 249 g/mol. The maximum Gasteiger partial charge on any atom is 0.142 e. The summed E-state index contributed by atoms with van der Waals surface area (Å²) in [5.41, 5.74) is 8.23. The molecule has 0 aliphatic rings. The lowest BCUT2D eigenvalue weighted by molar-refractivity contribution is 0.224. The Kier molecular flexibility index (Phi) is 3.36. The molecule has 0 fully saturated rings. The van der Waals surface area contributed by atoms with Gasteiger partial charge >= 0.3 is 0 Å². The number of nitrogen functional groups attached to an aromatic ring is 1. The highest BCUT2D eigenvalue weighted by molar-refractivity contribution is 7.10. The summed E-state index contributed by atoms with van der Waals surface area (Å²) >= 11 is 1.53. The van der Waals surface area contributed by atoms with E-state index in [9.17, 15) is 5.11 Å². The number of thiophene rings is 1. The molecule has 3 N–H and O–H groups in total. The molecule has 1 unspecified atom stereocenters. The third-order valence-electron chi connectivity index (χ3n) is 2.76. The van der Waals surface area contributed by atoms with Gasteiger partial charge in [0.25, 0.3) is 0 Å². The molecule has 2 rings (SSSR count). The van der Waals surface area contributed by atoms with Gasteiger partial charge in [0.1, 0.15) is 11.9 Å². The van der Waals surface area contributed by atoms with Crippen molar-refractivity contribution in [2.75, 3.05) is 12.8 Å². The average Bonchev–Trinajstić information content (AvgIpc) is 2.75. The largest absolute Gasteiger partial charge is 0.495 e. The van der Waals surface area contributed by atoms with Gasteiger partial charge in [-0.15, -0.1) is 11.3 Å². The van der Waals surface area contributed by atoms with Crippen LogP contribution in [0, 0.1) is 6.92 Å². The Morgan fingerprint density at radius 3 is 2.71 bits per heavy atom. The molecule has 1 aromatic carbocycles. The van der Waals surface area contributed by atoms with Gasteiger partial charge < -0.3 is 15.6 Å². The van der Waals surface area contributed by atoms with Crippen LogP contribution in [0.3, 0.4) is 0 Å². The van der Waals surface area contributed by atoms with E-state index in [0.29, 0.717) is 17.0 Å². The minimum atomic E-state index is -0.690. The van der Waals surface area contributed by atoms with Crippen LogP contribution in [-0.2, 0) is 0 Å². The van der Waals surface area contributed by atoms with Crippen LogP contribution in [0.5, 0.6) is 5.75 Å². The summed E-state index contributed by atoms with van der Waals surface area (Å²) in [7, 11) is 1.57. The van der Waals surface area contributed by atoms with E-state index < -0.39 is 6.10 Å². The number of para-hydroxylation sites is 1. The molecule has 0 aliphatic carbocycles. The summed E-state index contributed by atoms with van der Waals surface area (Å²) in [4.78, 5) is 0.921. The zero-order valence-corrected chi connectivity index (χ0v) is 10.6. The van der Waals surface area contributed by atoms with Crippen molar-refractivity contribution >= 4 is 17.0 Å². The van der Waals surface area contributed by atoms with E-state index in [1.807, 2.05) is 30.5 Å². The molecule has 3 nitrogen and oxygen atoms in total. The Morgan fingerprint density at radius 1 is 1.35 bits per heavy atom. The third-order valence-corrected chi connectivity index (χ3v) is 3.84. The Bertz CT molecular complexity index is 522. The van der Waals surface area contributed by atoms with Crippen LogP contribution in [0.25, 0.3) is 0 Å². The first-order chi connectivity index (χ1) is 8.15. The number of aliphatic hydroxyl groups is 1. The highest BCUT2D eigenvalue weighted by Gasteiger charge is 2.18. The molecule has 4 heteroatoms. The fraction of sp³-hybridized carbons (Fsp3) is 0.231. The van der Waals surface area contributed by atoms with Crippen molar-refractivity contribution in [2.45, 2.75) is 13.0 Å². The van der Waals surface area contributed by atoms with Gasteiger partial charge in [-0.05, 0) is 30.0 Å². The minimum Gasteiger partial charge on any atom is -0.495 e. The number of aryl methyl sites for hydroxylation is 1. The van der Waals surface area contributed by atoms with Crippen LogP contribution in [0.2, 0.25) is 0 Å². The van der Waals surface area contributed by atoms with Crippen LogP contribution < -0.4 is 10.5 Å². The molecular formula is C13H15NO2S. The zero-order chi connectivity index (χ0) is 12.4. The molecule has 0 amide bonds. The Labute approximate surface area is 104 Å². The molecule has 0 aliphatic heterocycles. The van der Waals surface area contributed by atoms with Crippen molar-refractivity contribution in [2.24, 2.45) is 0 Å². The molecule has 0 bridgehead atoms. The van der Waals surface area contributed by atoms with Crippen molar-refractivity contribution in [3.63, 3.8) is 0 Å². The second kappa shape index (κ2) is 4.77. The van der Waals surface area contributed by atoms with E-state index in [4.69, 9.17) is 10.5 Å². The highest BCUT2D eigenvalue weighted by atomic mass is 32.1. The van der Waals surface area contributed by atoms with Crippen molar-refractivity contribution < 1.29 is 9.84 Å². The predicted octanol–water partition coefficient (Wildman–Crippen LogP) is 2.73. The van der Waals surface area contributed by atoms with E-state index in [1.165, 1.54) is 11.3 Å².